The van der Waals surface area contributed by atoms with Crippen molar-refractivity contribution in [3.05, 3.63) is 68.6 Å². The average Bonchev–Trinajstić information content (AvgIpc) is 3.02. The molecule has 0 bridgehead atoms. The van der Waals surface area contributed by atoms with Gasteiger partial charge in [-0.2, -0.15) is 0 Å². The molecule has 1 atom stereocenters. The quantitative estimate of drug-likeness (QED) is 0.513. The standard InChI is InChI=1S/C26H29NO5/c1-5-7-8-11-27-23(17-9-10-18(28)19(14-17)31-6-2)22-24(29)21-16(4)12-15(3)13-20(21)32-25(22)26(27)30/h9-10,12-14,23,28H,5-8,11H2,1-4H3. The lowest BCUT2D eigenvalue weighted by Crippen LogP contribution is -2.30. The molecule has 32 heavy (non-hydrogen) atoms. The Labute approximate surface area is 187 Å². The number of carbonyl (C=O) groups is 1. The molecule has 4 rings (SSSR count). The van der Waals surface area contributed by atoms with Gasteiger partial charge in [0.1, 0.15) is 5.58 Å². The molecular formula is C26H29NO5. The van der Waals surface area contributed by atoms with E-state index in [2.05, 4.69) is 6.92 Å². The summed E-state index contributed by atoms with van der Waals surface area (Å²) in [6, 6.07) is 8.16. The van der Waals surface area contributed by atoms with E-state index in [1.807, 2.05) is 26.8 Å². The number of nitrogens with zero attached hydrogens (tertiary/aromatic N) is 1. The van der Waals surface area contributed by atoms with Crippen LogP contribution in [0.1, 0.15) is 72.0 Å². The summed E-state index contributed by atoms with van der Waals surface area (Å²) in [7, 11) is 0. The van der Waals surface area contributed by atoms with Crippen LogP contribution < -0.4 is 10.2 Å². The Bertz CT molecular complexity index is 1240. The number of hydrogen-bond acceptors (Lipinski definition) is 5. The van der Waals surface area contributed by atoms with Gasteiger partial charge in [0.05, 0.1) is 23.6 Å². The van der Waals surface area contributed by atoms with Crippen LogP contribution in [0.25, 0.3) is 11.0 Å². The van der Waals surface area contributed by atoms with Crippen LogP contribution in [-0.2, 0) is 0 Å². The first-order valence-electron chi connectivity index (χ1n) is 11.2. The number of unbranched alkanes of at least 4 members (excludes halogenated alkanes) is 2. The number of aryl methyl sites for hydroxylation is 2. The number of phenols is 1. The van der Waals surface area contributed by atoms with Crippen LogP contribution in [0.4, 0.5) is 0 Å². The first-order chi connectivity index (χ1) is 15.4. The molecule has 2 aromatic carbocycles. The van der Waals surface area contributed by atoms with Crippen LogP contribution in [0.2, 0.25) is 0 Å². The molecule has 1 aliphatic rings. The highest BCUT2D eigenvalue weighted by Crippen LogP contribution is 2.41. The molecule has 6 nitrogen and oxygen atoms in total. The van der Waals surface area contributed by atoms with Crippen molar-refractivity contribution < 1.29 is 19.1 Å². The molecule has 0 radical (unpaired) electrons. The molecule has 2 heterocycles. The zero-order valence-electron chi connectivity index (χ0n) is 19.0. The average molecular weight is 436 g/mol. The Morgan fingerprint density at radius 1 is 1.09 bits per heavy atom. The highest BCUT2D eigenvalue weighted by molar-refractivity contribution is 5.99. The first-order valence-corrected chi connectivity index (χ1v) is 11.2. The molecule has 1 unspecified atom stereocenters. The number of amides is 1. The van der Waals surface area contributed by atoms with Crippen LogP contribution in [0, 0.1) is 13.8 Å². The lowest BCUT2D eigenvalue weighted by molar-refractivity contribution is 0.0724. The largest absolute Gasteiger partial charge is 0.504 e. The summed E-state index contributed by atoms with van der Waals surface area (Å²) in [5.74, 6) is 0.191. The molecule has 0 saturated heterocycles. The van der Waals surface area contributed by atoms with Gasteiger partial charge in [0.2, 0.25) is 5.76 Å². The summed E-state index contributed by atoms with van der Waals surface area (Å²) in [4.78, 5) is 28.9. The maximum Gasteiger partial charge on any atom is 0.290 e. The predicted molar refractivity (Wildman–Crippen MR) is 124 cm³/mol. The van der Waals surface area contributed by atoms with Crippen LogP contribution in [0.15, 0.2) is 39.5 Å². The van der Waals surface area contributed by atoms with Gasteiger partial charge < -0.3 is 19.2 Å². The monoisotopic (exact) mass is 435 g/mol. The minimum Gasteiger partial charge on any atom is -0.504 e. The predicted octanol–water partition coefficient (Wildman–Crippen LogP) is 5.25. The maximum atomic E-state index is 13.7. The van der Waals surface area contributed by atoms with Crippen LogP contribution in [-0.4, -0.2) is 29.1 Å². The Balaban J connectivity index is 1.95. The van der Waals surface area contributed by atoms with Crippen molar-refractivity contribution in [2.45, 2.75) is 53.0 Å². The second-order valence-electron chi connectivity index (χ2n) is 8.40. The van der Waals surface area contributed by atoms with Gasteiger partial charge in [-0.3, -0.25) is 9.59 Å². The van der Waals surface area contributed by atoms with Crippen molar-refractivity contribution >= 4 is 16.9 Å². The molecule has 0 aliphatic carbocycles. The van der Waals surface area contributed by atoms with Gasteiger partial charge in [0, 0.05) is 6.54 Å². The van der Waals surface area contributed by atoms with Gasteiger partial charge >= 0.3 is 0 Å². The molecule has 1 aliphatic heterocycles. The summed E-state index contributed by atoms with van der Waals surface area (Å²) in [5, 5.41) is 10.7. The Morgan fingerprint density at radius 2 is 1.88 bits per heavy atom. The number of hydrogen-bond donors (Lipinski definition) is 1. The topological polar surface area (TPSA) is 80.0 Å². The highest BCUT2D eigenvalue weighted by Gasteiger charge is 2.42. The van der Waals surface area contributed by atoms with Crippen molar-refractivity contribution in [3.63, 3.8) is 0 Å². The van der Waals surface area contributed by atoms with Gasteiger partial charge in [0.15, 0.2) is 16.9 Å². The third kappa shape index (κ3) is 3.64. The van der Waals surface area contributed by atoms with Gasteiger partial charge in [0.25, 0.3) is 5.91 Å². The van der Waals surface area contributed by atoms with Gasteiger partial charge in [-0.15, -0.1) is 0 Å². The summed E-state index contributed by atoms with van der Waals surface area (Å²) in [5.41, 5.74) is 3.13. The lowest BCUT2D eigenvalue weighted by Gasteiger charge is -2.25. The molecule has 1 amide bonds. The fourth-order valence-corrected chi connectivity index (χ4v) is 4.59. The molecule has 6 heteroatoms. The number of aromatic hydroxyl groups is 1. The lowest BCUT2D eigenvalue weighted by atomic mass is 9.96. The molecule has 0 spiro atoms. The van der Waals surface area contributed by atoms with Crippen molar-refractivity contribution in [3.8, 4) is 11.5 Å². The molecule has 0 fully saturated rings. The van der Waals surface area contributed by atoms with E-state index < -0.39 is 6.04 Å². The van der Waals surface area contributed by atoms with E-state index in [-0.39, 0.29) is 22.8 Å². The van der Waals surface area contributed by atoms with Crippen molar-refractivity contribution in [1.82, 2.24) is 4.90 Å². The third-order valence-corrected chi connectivity index (χ3v) is 6.01. The molecular weight excluding hydrogens is 406 g/mol. The van der Waals surface area contributed by atoms with Crippen LogP contribution >= 0.6 is 0 Å². The molecule has 1 N–H and O–H groups in total. The Hall–Kier alpha value is -3.28. The van der Waals surface area contributed by atoms with Crippen molar-refractivity contribution in [2.24, 2.45) is 0 Å². The number of ether oxygens (including phenoxy) is 1. The minimum atomic E-state index is -0.587. The van der Waals surface area contributed by atoms with Gasteiger partial charge in [-0.1, -0.05) is 31.9 Å². The second-order valence-corrected chi connectivity index (χ2v) is 8.40. The number of carbonyl (C=O) groups excluding carboxylic acids is 1. The fraction of sp³-hybridized carbons (Fsp3) is 0.385. The van der Waals surface area contributed by atoms with E-state index >= 15 is 0 Å². The smallest absolute Gasteiger partial charge is 0.290 e. The van der Waals surface area contributed by atoms with Crippen LogP contribution in [0.5, 0.6) is 11.5 Å². The van der Waals surface area contributed by atoms with E-state index in [0.29, 0.717) is 41.0 Å². The summed E-state index contributed by atoms with van der Waals surface area (Å²) < 4.78 is 11.6. The maximum absolute atomic E-state index is 13.7. The summed E-state index contributed by atoms with van der Waals surface area (Å²) in [6.45, 7) is 8.67. The normalized spacial score (nSPS) is 15.4. The van der Waals surface area contributed by atoms with Crippen LogP contribution in [0.3, 0.4) is 0 Å². The van der Waals surface area contributed by atoms with E-state index in [9.17, 15) is 14.7 Å². The number of rotatable bonds is 7. The van der Waals surface area contributed by atoms with Crippen molar-refractivity contribution in [1.29, 1.82) is 0 Å². The number of fused-ring (bicyclic) bond motifs is 2. The van der Waals surface area contributed by atoms with E-state index in [1.54, 1.807) is 29.2 Å². The van der Waals surface area contributed by atoms with Crippen molar-refractivity contribution in [2.75, 3.05) is 13.2 Å². The molecule has 0 saturated carbocycles. The number of phenolic OH excluding ortho intramolecular Hbond substituents is 1. The SMILES string of the molecule is CCCCCN1C(=O)c2oc3cc(C)cc(C)c3c(=O)c2C1c1ccc(O)c(OCC)c1. The summed E-state index contributed by atoms with van der Waals surface area (Å²) in [6.07, 6.45) is 2.83. The zero-order valence-corrected chi connectivity index (χ0v) is 19.0. The van der Waals surface area contributed by atoms with E-state index in [1.165, 1.54) is 0 Å². The summed E-state index contributed by atoms with van der Waals surface area (Å²) >= 11 is 0. The zero-order chi connectivity index (χ0) is 23.0. The van der Waals surface area contributed by atoms with Gasteiger partial charge in [-0.25, -0.2) is 0 Å². The van der Waals surface area contributed by atoms with Gasteiger partial charge in [-0.05, 0) is 62.1 Å². The second kappa shape index (κ2) is 8.69. The molecule has 168 valence electrons. The minimum absolute atomic E-state index is 0.0227. The highest BCUT2D eigenvalue weighted by atomic mass is 16.5. The molecule has 3 aromatic rings. The number of benzene rings is 2. The van der Waals surface area contributed by atoms with E-state index in [4.69, 9.17) is 9.15 Å². The fourth-order valence-electron chi connectivity index (χ4n) is 4.59. The van der Waals surface area contributed by atoms with E-state index in [0.717, 1.165) is 30.4 Å². The Kier molecular flexibility index (Phi) is 5.96. The Morgan fingerprint density at radius 3 is 2.59 bits per heavy atom. The first kappa shape index (κ1) is 21.9. The third-order valence-electron chi connectivity index (χ3n) is 6.01. The molecule has 1 aromatic heterocycles.